The van der Waals surface area contributed by atoms with Crippen LogP contribution in [-0.2, 0) is 0 Å². The topological polar surface area (TPSA) is 44.0 Å². The van der Waals surface area contributed by atoms with Crippen LogP contribution >= 0.6 is 11.3 Å². The number of rotatable bonds is 1. The Kier molecular flexibility index (Phi) is 2.59. The van der Waals surface area contributed by atoms with Gasteiger partial charge in [0, 0.05) is 4.88 Å². The maximum absolute atomic E-state index is 11.9. The number of hydrogen-bond acceptors (Lipinski definition) is 3. The van der Waals surface area contributed by atoms with Gasteiger partial charge in [0.25, 0.3) is 0 Å². The zero-order valence-corrected chi connectivity index (χ0v) is 6.99. The van der Waals surface area contributed by atoms with Gasteiger partial charge in [0.1, 0.15) is 10.9 Å². The molecule has 0 aliphatic heterocycles. The van der Waals surface area contributed by atoms with Gasteiger partial charge in [0.2, 0.25) is 0 Å². The third-order valence-electron chi connectivity index (χ3n) is 1.32. The largest absolute Gasteiger partial charge is 0.419 e. The van der Waals surface area contributed by atoms with Crippen LogP contribution in [0.2, 0.25) is 0 Å². The number of nitrogens with zero attached hydrogens (tertiary/aromatic N) is 1. The number of aliphatic hydroxyl groups excluding tert-OH is 1. The van der Waals surface area contributed by atoms with E-state index in [-0.39, 0.29) is 9.75 Å². The lowest BCUT2D eigenvalue weighted by atomic mass is 10.3. The van der Waals surface area contributed by atoms with Crippen LogP contribution in [-0.4, -0.2) is 11.3 Å². The standard InChI is InChI=1S/C7H4F3NOS/c8-7(9,10)6(12)5-2-1-4(3-11)13-5/h1-2,6,12H/t6-/m0/s1. The van der Waals surface area contributed by atoms with Crippen LogP contribution in [0.5, 0.6) is 0 Å². The van der Waals surface area contributed by atoms with Gasteiger partial charge >= 0.3 is 6.18 Å². The number of halogens is 3. The number of thiophene rings is 1. The fourth-order valence-electron chi connectivity index (χ4n) is 0.721. The summed E-state index contributed by atoms with van der Waals surface area (Å²) >= 11 is 0.637. The van der Waals surface area contributed by atoms with Gasteiger partial charge in [0.05, 0.1) is 0 Å². The van der Waals surface area contributed by atoms with Crippen LogP contribution in [0.15, 0.2) is 12.1 Å². The fourth-order valence-corrected chi connectivity index (χ4v) is 1.54. The first-order valence-corrected chi connectivity index (χ1v) is 4.01. The quantitative estimate of drug-likeness (QED) is 0.767. The number of nitriles is 1. The highest BCUT2D eigenvalue weighted by atomic mass is 32.1. The van der Waals surface area contributed by atoms with E-state index in [1.54, 1.807) is 6.07 Å². The predicted molar refractivity (Wildman–Crippen MR) is 40.0 cm³/mol. The maximum Gasteiger partial charge on any atom is 0.419 e. The predicted octanol–water partition coefficient (Wildman–Crippen LogP) is 2.22. The molecule has 0 unspecified atom stereocenters. The first-order valence-electron chi connectivity index (χ1n) is 3.20. The van der Waals surface area contributed by atoms with Gasteiger partial charge in [-0.25, -0.2) is 0 Å². The average Bonchev–Trinajstić information content (AvgIpc) is 2.48. The molecule has 0 amide bonds. The molecule has 1 atom stereocenters. The summed E-state index contributed by atoms with van der Waals surface area (Å²) in [6.07, 6.45) is -7.16. The van der Waals surface area contributed by atoms with Crippen molar-refractivity contribution >= 4 is 11.3 Å². The van der Waals surface area contributed by atoms with Crippen molar-refractivity contribution in [3.63, 3.8) is 0 Å². The summed E-state index contributed by atoms with van der Waals surface area (Å²) in [5.74, 6) is 0. The summed E-state index contributed by atoms with van der Waals surface area (Å²) in [7, 11) is 0. The lowest BCUT2D eigenvalue weighted by molar-refractivity contribution is -0.205. The third-order valence-corrected chi connectivity index (χ3v) is 2.36. The normalized spacial score (nSPS) is 13.8. The van der Waals surface area contributed by atoms with E-state index in [4.69, 9.17) is 10.4 Å². The molecule has 1 heterocycles. The second kappa shape index (κ2) is 3.36. The van der Waals surface area contributed by atoms with Gasteiger partial charge in [-0.1, -0.05) is 0 Å². The highest BCUT2D eigenvalue weighted by molar-refractivity contribution is 7.12. The third kappa shape index (κ3) is 2.20. The van der Waals surface area contributed by atoms with Crippen LogP contribution < -0.4 is 0 Å². The molecule has 0 spiro atoms. The second-order valence-electron chi connectivity index (χ2n) is 2.26. The van der Waals surface area contributed by atoms with E-state index >= 15 is 0 Å². The molecule has 0 fully saturated rings. The van der Waals surface area contributed by atoms with E-state index in [9.17, 15) is 13.2 Å². The summed E-state index contributed by atoms with van der Waals surface area (Å²) in [6, 6.07) is 4.04. The van der Waals surface area contributed by atoms with Crippen LogP contribution in [0.1, 0.15) is 15.9 Å². The molecule has 0 radical (unpaired) electrons. The minimum absolute atomic E-state index is 0.151. The number of alkyl halides is 3. The number of aliphatic hydroxyl groups is 1. The first-order chi connectivity index (χ1) is 5.95. The highest BCUT2D eigenvalue weighted by Gasteiger charge is 2.40. The summed E-state index contributed by atoms with van der Waals surface area (Å²) in [5.41, 5.74) is 0. The van der Waals surface area contributed by atoms with Crippen molar-refractivity contribution in [1.29, 1.82) is 5.26 Å². The molecule has 2 nitrogen and oxygen atoms in total. The Morgan fingerprint density at radius 2 is 2.08 bits per heavy atom. The van der Waals surface area contributed by atoms with Crippen molar-refractivity contribution < 1.29 is 18.3 Å². The van der Waals surface area contributed by atoms with E-state index < -0.39 is 12.3 Å². The van der Waals surface area contributed by atoms with Crippen molar-refractivity contribution in [2.75, 3.05) is 0 Å². The summed E-state index contributed by atoms with van der Waals surface area (Å²) in [5, 5.41) is 17.1. The zero-order valence-electron chi connectivity index (χ0n) is 6.17. The molecule has 0 bridgehead atoms. The fraction of sp³-hybridized carbons (Fsp3) is 0.286. The van der Waals surface area contributed by atoms with Gasteiger partial charge in [-0.15, -0.1) is 11.3 Å². The Labute approximate surface area is 75.9 Å². The molecule has 1 aromatic heterocycles. The molecule has 1 N–H and O–H groups in total. The molecular formula is C7H4F3NOS. The smallest absolute Gasteiger partial charge is 0.379 e. The molecule has 0 saturated carbocycles. The molecule has 0 aliphatic carbocycles. The van der Waals surface area contributed by atoms with E-state index in [0.717, 1.165) is 6.07 Å². The lowest BCUT2D eigenvalue weighted by Crippen LogP contribution is -2.18. The van der Waals surface area contributed by atoms with Crippen molar-refractivity contribution in [2.45, 2.75) is 12.3 Å². The summed E-state index contributed by atoms with van der Waals surface area (Å²) in [6.45, 7) is 0. The van der Waals surface area contributed by atoms with E-state index in [1.165, 1.54) is 6.07 Å². The van der Waals surface area contributed by atoms with Crippen molar-refractivity contribution in [1.82, 2.24) is 0 Å². The minimum atomic E-state index is -4.67. The Balaban J connectivity index is 2.91. The molecule has 0 aliphatic rings. The Hall–Kier alpha value is -1.06. The van der Waals surface area contributed by atoms with Crippen molar-refractivity contribution in [3.05, 3.63) is 21.9 Å². The molecular weight excluding hydrogens is 203 g/mol. The Morgan fingerprint density at radius 3 is 2.46 bits per heavy atom. The van der Waals surface area contributed by atoms with E-state index in [2.05, 4.69) is 0 Å². The maximum atomic E-state index is 11.9. The SMILES string of the molecule is N#Cc1ccc([C@H](O)C(F)(F)F)s1. The molecule has 0 aromatic carbocycles. The molecule has 1 aromatic rings. The molecule has 6 heteroatoms. The van der Waals surface area contributed by atoms with Gasteiger partial charge in [-0.2, -0.15) is 18.4 Å². The molecule has 0 saturated heterocycles. The van der Waals surface area contributed by atoms with Crippen LogP contribution in [0.25, 0.3) is 0 Å². The lowest BCUT2D eigenvalue weighted by Gasteiger charge is -2.11. The zero-order chi connectivity index (χ0) is 10.1. The number of hydrogen-bond donors (Lipinski definition) is 1. The molecule has 1 rings (SSSR count). The van der Waals surface area contributed by atoms with Crippen LogP contribution in [0.3, 0.4) is 0 Å². The van der Waals surface area contributed by atoms with Gasteiger partial charge in [0.15, 0.2) is 6.10 Å². The van der Waals surface area contributed by atoms with Gasteiger partial charge in [-0.3, -0.25) is 0 Å². The molecule has 13 heavy (non-hydrogen) atoms. The van der Waals surface area contributed by atoms with Gasteiger partial charge < -0.3 is 5.11 Å². The molecule has 70 valence electrons. The first kappa shape index (κ1) is 10.0. The minimum Gasteiger partial charge on any atom is -0.379 e. The Bertz CT molecular complexity index is 338. The average molecular weight is 207 g/mol. The summed E-state index contributed by atoms with van der Waals surface area (Å²) in [4.78, 5) is -0.109. The Morgan fingerprint density at radius 1 is 1.46 bits per heavy atom. The van der Waals surface area contributed by atoms with E-state index in [0.29, 0.717) is 11.3 Å². The second-order valence-corrected chi connectivity index (χ2v) is 3.37. The van der Waals surface area contributed by atoms with Gasteiger partial charge in [-0.05, 0) is 12.1 Å². The van der Waals surface area contributed by atoms with Crippen LogP contribution in [0, 0.1) is 11.3 Å². The monoisotopic (exact) mass is 207 g/mol. The highest BCUT2D eigenvalue weighted by Crippen LogP contribution is 2.35. The van der Waals surface area contributed by atoms with Crippen molar-refractivity contribution in [3.8, 4) is 6.07 Å². The summed E-state index contributed by atoms with van der Waals surface area (Å²) < 4.78 is 35.8. The van der Waals surface area contributed by atoms with Crippen molar-refractivity contribution in [2.24, 2.45) is 0 Å². The van der Waals surface area contributed by atoms with E-state index in [1.807, 2.05) is 0 Å². The van der Waals surface area contributed by atoms with Crippen LogP contribution in [0.4, 0.5) is 13.2 Å².